The Labute approximate surface area is 171 Å². The maximum Gasteiger partial charge on any atom is 0.234 e. The van der Waals surface area contributed by atoms with Gasteiger partial charge in [-0.05, 0) is 38.5 Å². The van der Waals surface area contributed by atoms with Gasteiger partial charge in [0.05, 0.1) is 11.4 Å². The zero-order chi connectivity index (χ0) is 19.4. The highest BCUT2D eigenvalue weighted by Crippen LogP contribution is 2.30. The first kappa shape index (κ1) is 19.9. The van der Waals surface area contributed by atoms with Crippen LogP contribution in [0.2, 0.25) is 5.15 Å². The highest BCUT2D eigenvalue weighted by Gasteiger charge is 2.19. The first-order chi connectivity index (χ1) is 13.0. The van der Waals surface area contributed by atoms with E-state index < -0.39 is 0 Å². The number of thiophene rings is 1. The van der Waals surface area contributed by atoms with E-state index in [0.29, 0.717) is 5.69 Å². The number of carbonyl (C=O) groups is 1. The first-order valence-electron chi connectivity index (χ1n) is 8.55. The molecule has 0 unspecified atom stereocenters. The van der Waals surface area contributed by atoms with E-state index in [9.17, 15) is 4.79 Å². The Morgan fingerprint density at radius 1 is 1.41 bits per heavy atom. The molecule has 0 bridgehead atoms. The number of thioether (sulfide) groups is 1. The van der Waals surface area contributed by atoms with Gasteiger partial charge in [0.25, 0.3) is 0 Å². The van der Waals surface area contributed by atoms with Crippen LogP contribution in [0.15, 0.2) is 34.9 Å². The Hall–Kier alpha value is -1.90. The summed E-state index contributed by atoms with van der Waals surface area (Å²) >= 11 is 9.06. The van der Waals surface area contributed by atoms with Gasteiger partial charge in [-0.25, -0.2) is 4.98 Å². The van der Waals surface area contributed by atoms with E-state index in [1.807, 2.05) is 0 Å². The maximum atomic E-state index is 12.3. The van der Waals surface area contributed by atoms with Gasteiger partial charge in [0.2, 0.25) is 5.91 Å². The van der Waals surface area contributed by atoms with Crippen molar-refractivity contribution < 1.29 is 4.79 Å². The van der Waals surface area contributed by atoms with Crippen molar-refractivity contribution in [2.75, 3.05) is 11.1 Å². The molecule has 0 aliphatic heterocycles. The number of rotatable bonds is 7. The van der Waals surface area contributed by atoms with E-state index in [4.69, 9.17) is 11.6 Å². The fraction of sp³-hybridized carbons (Fsp3) is 0.333. The molecule has 1 amide bonds. The number of hydrogen-bond acceptors (Lipinski definition) is 6. The largest absolute Gasteiger partial charge is 0.323 e. The van der Waals surface area contributed by atoms with Crippen LogP contribution in [0.5, 0.6) is 0 Å². The van der Waals surface area contributed by atoms with Crippen molar-refractivity contribution in [3.05, 3.63) is 39.8 Å². The van der Waals surface area contributed by atoms with Crippen LogP contribution in [0.3, 0.4) is 0 Å². The van der Waals surface area contributed by atoms with Crippen LogP contribution >= 0.6 is 34.7 Å². The first-order valence-corrected chi connectivity index (χ1v) is 10.8. The number of aromatic nitrogens is 4. The summed E-state index contributed by atoms with van der Waals surface area (Å²) in [5.74, 6) is 0.873. The van der Waals surface area contributed by atoms with Crippen LogP contribution < -0.4 is 5.32 Å². The number of pyridine rings is 1. The number of anilines is 1. The quantitative estimate of drug-likeness (QED) is 0.432. The van der Waals surface area contributed by atoms with E-state index in [0.717, 1.165) is 23.0 Å². The molecule has 1 N–H and O–H groups in total. The van der Waals surface area contributed by atoms with E-state index >= 15 is 0 Å². The van der Waals surface area contributed by atoms with Crippen molar-refractivity contribution in [1.82, 2.24) is 19.7 Å². The lowest BCUT2D eigenvalue weighted by molar-refractivity contribution is -0.113. The Morgan fingerprint density at radius 3 is 2.89 bits per heavy atom. The Morgan fingerprint density at radius 2 is 2.22 bits per heavy atom. The molecule has 3 rings (SSSR count). The Bertz CT molecular complexity index is 937. The highest BCUT2D eigenvalue weighted by atomic mass is 35.5. The van der Waals surface area contributed by atoms with Crippen molar-refractivity contribution in [2.45, 2.75) is 38.4 Å². The highest BCUT2D eigenvalue weighted by molar-refractivity contribution is 7.99. The minimum Gasteiger partial charge on any atom is -0.323 e. The van der Waals surface area contributed by atoms with E-state index in [-0.39, 0.29) is 22.9 Å². The smallest absolute Gasteiger partial charge is 0.234 e. The molecule has 9 heteroatoms. The molecule has 6 nitrogen and oxygen atoms in total. The van der Waals surface area contributed by atoms with Crippen LogP contribution in [0.25, 0.3) is 11.4 Å². The van der Waals surface area contributed by atoms with Crippen LogP contribution in [0.4, 0.5) is 5.69 Å². The second-order valence-electron chi connectivity index (χ2n) is 6.10. The van der Waals surface area contributed by atoms with Crippen LogP contribution in [0.1, 0.15) is 31.7 Å². The van der Waals surface area contributed by atoms with Crippen molar-refractivity contribution in [3.8, 4) is 11.4 Å². The third kappa shape index (κ3) is 4.69. The van der Waals surface area contributed by atoms with Gasteiger partial charge >= 0.3 is 0 Å². The maximum absolute atomic E-state index is 12.3. The van der Waals surface area contributed by atoms with E-state index in [1.165, 1.54) is 16.6 Å². The summed E-state index contributed by atoms with van der Waals surface area (Å²) in [5.41, 5.74) is 1.57. The van der Waals surface area contributed by atoms with Gasteiger partial charge in [-0.15, -0.1) is 21.5 Å². The molecule has 0 aromatic carbocycles. The fourth-order valence-corrected chi connectivity index (χ4v) is 4.36. The summed E-state index contributed by atoms with van der Waals surface area (Å²) in [6.07, 6.45) is 2.58. The molecule has 0 spiro atoms. The molecule has 0 aliphatic carbocycles. The molecule has 3 aromatic heterocycles. The average Bonchev–Trinajstić information content (AvgIpc) is 3.28. The molecule has 27 heavy (non-hydrogen) atoms. The molecular weight excluding hydrogens is 402 g/mol. The molecule has 0 saturated carbocycles. The van der Waals surface area contributed by atoms with Gasteiger partial charge in [0.15, 0.2) is 16.1 Å². The van der Waals surface area contributed by atoms with Crippen molar-refractivity contribution in [1.29, 1.82) is 0 Å². The number of amides is 1. The second kappa shape index (κ2) is 8.86. The van der Waals surface area contributed by atoms with Gasteiger partial charge in [0, 0.05) is 28.1 Å². The fourth-order valence-electron chi connectivity index (χ4n) is 2.52. The predicted octanol–water partition coefficient (Wildman–Crippen LogP) is 4.93. The molecule has 0 radical (unpaired) electrons. The topological polar surface area (TPSA) is 72.7 Å². The van der Waals surface area contributed by atoms with Gasteiger partial charge < -0.3 is 5.32 Å². The van der Waals surface area contributed by atoms with Crippen molar-refractivity contribution >= 4 is 46.3 Å². The molecule has 0 atom stereocenters. The molecule has 0 aliphatic rings. The summed E-state index contributed by atoms with van der Waals surface area (Å²) in [5, 5.41) is 14.5. The van der Waals surface area contributed by atoms with E-state index in [2.05, 4.69) is 57.3 Å². The molecule has 142 valence electrons. The molecular formula is C18H20ClN5OS2. The zero-order valence-electron chi connectivity index (χ0n) is 15.3. The molecule has 0 fully saturated rings. The summed E-state index contributed by atoms with van der Waals surface area (Å²) in [4.78, 5) is 17.5. The second-order valence-corrected chi connectivity index (χ2v) is 8.40. The third-order valence-corrected chi connectivity index (χ3v) is 6.13. The minimum atomic E-state index is -0.168. The summed E-state index contributed by atoms with van der Waals surface area (Å²) in [7, 11) is 0. The number of halogens is 1. The van der Waals surface area contributed by atoms with Crippen molar-refractivity contribution in [3.63, 3.8) is 0 Å². The van der Waals surface area contributed by atoms with Gasteiger partial charge in [-0.1, -0.05) is 30.3 Å². The molecule has 3 heterocycles. The lowest BCUT2D eigenvalue weighted by Crippen LogP contribution is -2.15. The molecule has 3 aromatic rings. The standard InChI is InChI=1S/C18H20ClN5OS2/c1-4-13-8-12(9-26-13)17-22-23-18(24(17)11(2)3)27-10-15(25)21-14-6-5-7-20-16(14)19/h5-9,11H,4,10H2,1-3H3,(H,21,25). The monoisotopic (exact) mass is 421 g/mol. The van der Waals surface area contributed by atoms with Crippen LogP contribution in [-0.2, 0) is 11.2 Å². The SMILES string of the molecule is CCc1cc(-c2nnc(SCC(=O)Nc3cccnc3Cl)n2C(C)C)cs1. The van der Waals surface area contributed by atoms with Gasteiger partial charge in [-0.3, -0.25) is 9.36 Å². The zero-order valence-corrected chi connectivity index (χ0v) is 17.7. The Balaban J connectivity index is 1.73. The van der Waals surface area contributed by atoms with Crippen LogP contribution in [0, 0.1) is 0 Å². The number of hydrogen-bond donors (Lipinski definition) is 1. The van der Waals surface area contributed by atoms with Crippen molar-refractivity contribution in [2.24, 2.45) is 0 Å². The summed E-state index contributed by atoms with van der Waals surface area (Å²) in [6.45, 7) is 6.30. The molecule has 0 saturated heterocycles. The third-order valence-electron chi connectivity index (χ3n) is 3.81. The predicted molar refractivity (Wildman–Crippen MR) is 112 cm³/mol. The van der Waals surface area contributed by atoms with E-state index in [1.54, 1.807) is 29.7 Å². The minimum absolute atomic E-state index is 0.168. The lowest BCUT2D eigenvalue weighted by Gasteiger charge is -2.13. The van der Waals surface area contributed by atoms with Gasteiger partial charge in [-0.2, -0.15) is 0 Å². The normalized spacial score (nSPS) is 11.1. The number of nitrogens with one attached hydrogen (secondary N) is 1. The summed E-state index contributed by atoms with van der Waals surface area (Å²) in [6, 6.07) is 5.77. The number of aryl methyl sites for hydroxylation is 1. The number of nitrogens with zero attached hydrogens (tertiary/aromatic N) is 4. The summed E-state index contributed by atoms with van der Waals surface area (Å²) < 4.78 is 2.07. The Kier molecular flexibility index (Phi) is 6.51. The number of carbonyl (C=O) groups excluding carboxylic acids is 1. The van der Waals surface area contributed by atoms with Crippen LogP contribution in [-0.4, -0.2) is 31.4 Å². The van der Waals surface area contributed by atoms with Gasteiger partial charge in [0.1, 0.15) is 0 Å². The average molecular weight is 422 g/mol. The lowest BCUT2D eigenvalue weighted by atomic mass is 10.2.